The van der Waals surface area contributed by atoms with Crippen LogP contribution in [0.3, 0.4) is 0 Å². The first kappa shape index (κ1) is 13.5. The van der Waals surface area contributed by atoms with E-state index in [1.807, 2.05) is 44.2 Å². The first-order valence-electron chi connectivity index (χ1n) is 6.06. The predicted molar refractivity (Wildman–Crippen MR) is 70.6 cm³/mol. The maximum Gasteiger partial charge on any atom is 0.333 e. The van der Waals surface area contributed by atoms with Crippen LogP contribution >= 0.6 is 0 Å². The van der Waals surface area contributed by atoms with E-state index in [4.69, 9.17) is 4.74 Å². The fourth-order valence-corrected chi connectivity index (χ4v) is 1.48. The van der Waals surface area contributed by atoms with E-state index in [1.54, 1.807) is 0 Å². The summed E-state index contributed by atoms with van der Waals surface area (Å²) in [7, 11) is 0. The van der Waals surface area contributed by atoms with Crippen LogP contribution in [0.15, 0.2) is 35.9 Å². The van der Waals surface area contributed by atoms with Gasteiger partial charge in [-0.1, -0.05) is 43.7 Å². The maximum absolute atomic E-state index is 11.8. The van der Waals surface area contributed by atoms with Gasteiger partial charge in [-0.05, 0) is 31.4 Å². The summed E-state index contributed by atoms with van der Waals surface area (Å²) < 4.78 is 5.19. The van der Waals surface area contributed by atoms with Gasteiger partial charge >= 0.3 is 5.97 Å². The van der Waals surface area contributed by atoms with Crippen molar-refractivity contribution in [3.63, 3.8) is 0 Å². The molecular formula is C15H20O2. The van der Waals surface area contributed by atoms with Crippen molar-refractivity contribution in [2.75, 3.05) is 6.61 Å². The number of rotatable bonds is 5. The third-order valence-corrected chi connectivity index (χ3v) is 2.81. The molecule has 17 heavy (non-hydrogen) atoms. The Morgan fingerprint density at radius 1 is 1.18 bits per heavy atom. The maximum atomic E-state index is 11.8. The van der Waals surface area contributed by atoms with Gasteiger partial charge in [0, 0.05) is 5.57 Å². The van der Waals surface area contributed by atoms with E-state index in [0.29, 0.717) is 12.2 Å². The molecule has 0 N–H and O–H groups in total. The second-order valence-electron chi connectivity index (χ2n) is 4.11. The molecule has 2 nitrogen and oxygen atoms in total. The van der Waals surface area contributed by atoms with Crippen LogP contribution in [0.5, 0.6) is 0 Å². The van der Waals surface area contributed by atoms with Gasteiger partial charge in [-0.2, -0.15) is 0 Å². The molecule has 0 spiro atoms. The van der Waals surface area contributed by atoms with Crippen LogP contribution < -0.4 is 0 Å². The standard InChI is InChI=1S/C15H20O2/c1-4-5-11-17-15(16)13(3)12(2)14-9-7-6-8-10-14/h6-10H,4-5,11H2,1-3H3/b13-12+. The van der Waals surface area contributed by atoms with Gasteiger partial charge in [0.25, 0.3) is 0 Å². The highest BCUT2D eigenvalue weighted by atomic mass is 16.5. The van der Waals surface area contributed by atoms with Crippen molar-refractivity contribution in [3.05, 3.63) is 41.5 Å². The molecule has 0 aromatic heterocycles. The summed E-state index contributed by atoms with van der Waals surface area (Å²) >= 11 is 0. The number of hydrogen-bond donors (Lipinski definition) is 0. The number of allylic oxidation sites excluding steroid dienone is 1. The van der Waals surface area contributed by atoms with E-state index in [0.717, 1.165) is 24.0 Å². The summed E-state index contributed by atoms with van der Waals surface area (Å²) in [4.78, 5) is 11.8. The minimum absolute atomic E-state index is 0.209. The van der Waals surface area contributed by atoms with Crippen molar-refractivity contribution in [3.8, 4) is 0 Å². The average Bonchev–Trinajstić information content (AvgIpc) is 2.38. The molecule has 2 heteroatoms. The number of ether oxygens (including phenoxy) is 1. The van der Waals surface area contributed by atoms with Gasteiger partial charge in [0.1, 0.15) is 0 Å². The van der Waals surface area contributed by atoms with Crippen molar-refractivity contribution in [2.24, 2.45) is 0 Å². The fraction of sp³-hybridized carbons (Fsp3) is 0.400. The normalized spacial score (nSPS) is 11.9. The van der Waals surface area contributed by atoms with Crippen LogP contribution in [0, 0.1) is 0 Å². The van der Waals surface area contributed by atoms with Gasteiger partial charge in [-0.3, -0.25) is 0 Å². The van der Waals surface area contributed by atoms with E-state index in [1.165, 1.54) is 0 Å². The van der Waals surface area contributed by atoms with E-state index in [2.05, 4.69) is 6.92 Å². The zero-order chi connectivity index (χ0) is 12.7. The lowest BCUT2D eigenvalue weighted by Gasteiger charge is -2.08. The van der Waals surface area contributed by atoms with E-state index < -0.39 is 0 Å². The van der Waals surface area contributed by atoms with Crippen LogP contribution in [0.4, 0.5) is 0 Å². The fourth-order valence-electron chi connectivity index (χ4n) is 1.48. The topological polar surface area (TPSA) is 26.3 Å². The first-order chi connectivity index (χ1) is 8.16. The molecule has 0 bridgehead atoms. The lowest BCUT2D eigenvalue weighted by molar-refractivity contribution is -0.139. The van der Waals surface area contributed by atoms with Crippen LogP contribution in [0.25, 0.3) is 5.57 Å². The Morgan fingerprint density at radius 3 is 2.41 bits per heavy atom. The Bertz CT molecular complexity index is 391. The van der Waals surface area contributed by atoms with Crippen LogP contribution in [-0.2, 0) is 9.53 Å². The zero-order valence-electron chi connectivity index (χ0n) is 10.8. The van der Waals surface area contributed by atoms with Crippen molar-refractivity contribution in [2.45, 2.75) is 33.6 Å². The van der Waals surface area contributed by atoms with Gasteiger partial charge in [0.05, 0.1) is 6.61 Å². The van der Waals surface area contributed by atoms with Gasteiger partial charge in [0.2, 0.25) is 0 Å². The SMILES string of the molecule is CCCCOC(=O)/C(C)=C(\C)c1ccccc1. The van der Waals surface area contributed by atoms with Crippen molar-refractivity contribution >= 4 is 11.5 Å². The van der Waals surface area contributed by atoms with Crippen molar-refractivity contribution in [1.29, 1.82) is 0 Å². The third-order valence-electron chi connectivity index (χ3n) is 2.81. The summed E-state index contributed by atoms with van der Waals surface area (Å²) in [6, 6.07) is 9.89. The summed E-state index contributed by atoms with van der Waals surface area (Å²) in [5, 5.41) is 0. The number of carbonyl (C=O) groups excluding carboxylic acids is 1. The summed E-state index contributed by atoms with van der Waals surface area (Å²) in [6.45, 7) is 6.35. The summed E-state index contributed by atoms with van der Waals surface area (Å²) in [5.41, 5.74) is 2.73. The Labute approximate surface area is 103 Å². The van der Waals surface area contributed by atoms with Crippen LogP contribution in [-0.4, -0.2) is 12.6 Å². The van der Waals surface area contributed by atoms with Crippen LogP contribution in [0.1, 0.15) is 39.2 Å². The molecule has 0 aliphatic rings. The molecule has 0 saturated carbocycles. The van der Waals surface area contributed by atoms with E-state index in [9.17, 15) is 4.79 Å². The third kappa shape index (κ3) is 4.06. The number of esters is 1. The highest BCUT2D eigenvalue weighted by Gasteiger charge is 2.09. The minimum atomic E-state index is -0.209. The van der Waals surface area contributed by atoms with Gasteiger partial charge in [-0.25, -0.2) is 4.79 Å². The number of benzene rings is 1. The molecule has 1 aromatic rings. The Kier molecular flexibility index (Phi) is 5.47. The van der Waals surface area contributed by atoms with E-state index in [-0.39, 0.29) is 5.97 Å². The van der Waals surface area contributed by atoms with Crippen molar-refractivity contribution < 1.29 is 9.53 Å². The smallest absolute Gasteiger partial charge is 0.333 e. The van der Waals surface area contributed by atoms with Gasteiger partial charge < -0.3 is 4.74 Å². The molecule has 0 radical (unpaired) electrons. The molecule has 92 valence electrons. The van der Waals surface area contributed by atoms with Crippen LogP contribution in [0.2, 0.25) is 0 Å². The molecule has 0 unspecified atom stereocenters. The number of unbranched alkanes of at least 4 members (excludes halogenated alkanes) is 1. The molecule has 1 aromatic carbocycles. The largest absolute Gasteiger partial charge is 0.462 e. The number of hydrogen-bond acceptors (Lipinski definition) is 2. The first-order valence-corrected chi connectivity index (χ1v) is 6.06. The molecule has 0 fully saturated rings. The predicted octanol–water partition coefficient (Wildman–Crippen LogP) is 3.82. The highest BCUT2D eigenvalue weighted by Crippen LogP contribution is 2.18. The highest BCUT2D eigenvalue weighted by molar-refractivity contribution is 5.96. The molecule has 0 atom stereocenters. The summed E-state index contributed by atoms with van der Waals surface area (Å²) in [6.07, 6.45) is 1.96. The lowest BCUT2D eigenvalue weighted by atomic mass is 10.0. The quantitative estimate of drug-likeness (QED) is 0.438. The van der Waals surface area contributed by atoms with Gasteiger partial charge in [0.15, 0.2) is 0 Å². The molecule has 0 aliphatic heterocycles. The Balaban J connectivity index is 2.72. The minimum Gasteiger partial charge on any atom is -0.462 e. The molecule has 1 rings (SSSR count). The number of carbonyl (C=O) groups is 1. The van der Waals surface area contributed by atoms with Gasteiger partial charge in [-0.15, -0.1) is 0 Å². The molecule has 0 amide bonds. The molecular weight excluding hydrogens is 212 g/mol. The molecule has 0 saturated heterocycles. The molecule has 0 heterocycles. The summed E-state index contributed by atoms with van der Waals surface area (Å²) in [5.74, 6) is -0.209. The Hall–Kier alpha value is -1.57. The van der Waals surface area contributed by atoms with E-state index >= 15 is 0 Å². The lowest BCUT2D eigenvalue weighted by Crippen LogP contribution is -2.08. The average molecular weight is 232 g/mol. The molecule has 0 aliphatic carbocycles. The monoisotopic (exact) mass is 232 g/mol. The second-order valence-corrected chi connectivity index (χ2v) is 4.11. The zero-order valence-corrected chi connectivity index (χ0v) is 10.8. The second kappa shape index (κ2) is 6.89. The Morgan fingerprint density at radius 2 is 1.82 bits per heavy atom. The van der Waals surface area contributed by atoms with Crippen molar-refractivity contribution in [1.82, 2.24) is 0 Å².